The SMILES string of the molecule is C#CCNC(=NCC1(CCOC)CCCC1)NCC.I. The second kappa shape index (κ2) is 11.2. The van der Waals surface area contributed by atoms with Crippen LogP contribution >= 0.6 is 24.0 Å². The Kier molecular flexibility index (Phi) is 10.9. The predicted molar refractivity (Wildman–Crippen MR) is 95.6 cm³/mol. The molecule has 0 heterocycles. The molecule has 0 aromatic carbocycles. The third kappa shape index (κ3) is 6.80. The number of halogens is 1. The van der Waals surface area contributed by atoms with Crippen LogP contribution in [0.1, 0.15) is 39.0 Å². The fourth-order valence-electron chi connectivity index (χ4n) is 2.65. The van der Waals surface area contributed by atoms with Gasteiger partial charge in [-0.3, -0.25) is 4.99 Å². The fraction of sp³-hybridized carbons (Fsp3) is 0.800. The Labute approximate surface area is 140 Å². The molecule has 4 nitrogen and oxygen atoms in total. The zero-order chi connectivity index (χ0) is 14.0. The van der Waals surface area contributed by atoms with Crippen LogP contribution in [0, 0.1) is 17.8 Å². The van der Waals surface area contributed by atoms with Crippen molar-refractivity contribution in [2.24, 2.45) is 10.4 Å². The van der Waals surface area contributed by atoms with Crippen molar-refractivity contribution in [3.05, 3.63) is 0 Å². The van der Waals surface area contributed by atoms with Gasteiger partial charge in [-0.15, -0.1) is 30.4 Å². The number of rotatable bonds is 7. The highest BCUT2D eigenvalue weighted by atomic mass is 127. The number of ether oxygens (including phenoxy) is 1. The predicted octanol–water partition coefficient (Wildman–Crippen LogP) is 2.39. The zero-order valence-corrected chi connectivity index (χ0v) is 15.0. The Hall–Kier alpha value is -0.480. The summed E-state index contributed by atoms with van der Waals surface area (Å²) in [6, 6.07) is 0. The molecule has 0 aliphatic heterocycles. The summed E-state index contributed by atoms with van der Waals surface area (Å²) in [4.78, 5) is 4.70. The van der Waals surface area contributed by atoms with Gasteiger partial charge in [-0.05, 0) is 31.6 Å². The van der Waals surface area contributed by atoms with Crippen molar-refractivity contribution in [3.63, 3.8) is 0 Å². The number of guanidine groups is 1. The first-order valence-corrected chi connectivity index (χ1v) is 7.21. The van der Waals surface area contributed by atoms with Gasteiger partial charge in [0.2, 0.25) is 0 Å². The highest BCUT2D eigenvalue weighted by Gasteiger charge is 2.33. The third-order valence-electron chi connectivity index (χ3n) is 3.78. The smallest absolute Gasteiger partial charge is 0.192 e. The molecule has 0 saturated heterocycles. The van der Waals surface area contributed by atoms with Gasteiger partial charge < -0.3 is 15.4 Å². The van der Waals surface area contributed by atoms with Crippen molar-refractivity contribution in [3.8, 4) is 12.3 Å². The van der Waals surface area contributed by atoms with Gasteiger partial charge in [-0.2, -0.15) is 0 Å². The van der Waals surface area contributed by atoms with E-state index >= 15 is 0 Å². The Morgan fingerprint density at radius 3 is 2.60 bits per heavy atom. The first kappa shape index (κ1) is 19.5. The maximum Gasteiger partial charge on any atom is 0.192 e. The summed E-state index contributed by atoms with van der Waals surface area (Å²) < 4.78 is 5.24. The molecule has 116 valence electrons. The zero-order valence-electron chi connectivity index (χ0n) is 12.7. The van der Waals surface area contributed by atoms with E-state index in [1.165, 1.54) is 25.7 Å². The molecule has 1 rings (SSSR count). The average Bonchev–Trinajstić information content (AvgIpc) is 2.89. The Morgan fingerprint density at radius 1 is 1.35 bits per heavy atom. The van der Waals surface area contributed by atoms with Gasteiger partial charge in [0.15, 0.2) is 5.96 Å². The first-order chi connectivity index (χ1) is 9.26. The van der Waals surface area contributed by atoms with E-state index in [9.17, 15) is 0 Å². The quantitative estimate of drug-likeness (QED) is 0.302. The minimum Gasteiger partial charge on any atom is -0.385 e. The standard InChI is InChI=1S/C15H27N3O.HI/c1-4-11-17-14(16-5-2)18-13-15(10-12-19-3)8-6-7-9-15;/h1H,5-13H2,2-3H3,(H2,16,17,18);1H. The van der Waals surface area contributed by atoms with Gasteiger partial charge in [0.1, 0.15) is 0 Å². The molecule has 1 aliphatic rings. The van der Waals surface area contributed by atoms with Crippen LogP contribution in [-0.2, 0) is 4.74 Å². The number of hydrogen-bond acceptors (Lipinski definition) is 2. The van der Waals surface area contributed by atoms with E-state index in [4.69, 9.17) is 16.2 Å². The Morgan fingerprint density at radius 2 is 2.05 bits per heavy atom. The van der Waals surface area contributed by atoms with Gasteiger partial charge in [-0.1, -0.05) is 18.8 Å². The molecule has 1 saturated carbocycles. The minimum absolute atomic E-state index is 0. The molecule has 2 N–H and O–H groups in total. The van der Waals surface area contributed by atoms with Gasteiger partial charge in [0.25, 0.3) is 0 Å². The van der Waals surface area contributed by atoms with E-state index in [0.29, 0.717) is 12.0 Å². The van der Waals surface area contributed by atoms with Crippen LogP contribution in [0.3, 0.4) is 0 Å². The average molecular weight is 393 g/mol. The number of hydrogen-bond donors (Lipinski definition) is 2. The molecule has 0 aromatic heterocycles. The molecule has 0 atom stereocenters. The largest absolute Gasteiger partial charge is 0.385 e. The Bertz CT molecular complexity index is 320. The summed E-state index contributed by atoms with van der Waals surface area (Å²) in [7, 11) is 1.77. The first-order valence-electron chi connectivity index (χ1n) is 7.21. The van der Waals surface area contributed by atoms with Crippen LogP contribution in [0.2, 0.25) is 0 Å². The van der Waals surface area contributed by atoms with E-state index in [2.05, 4.69) is 23.5 Å². The molecule has 0 aromatic rings. The lowest BCUT2D eigenvalue weighted by Gasteiger charge is -2.27. The van der Waals surface area contributed by atoms with E-state index in [1.54, 1.807) is 7.11 Å². The van der Waals surface area contributed by atoms with Crippen molar-refractivity contribution in [1.82, 2.24) is 10.6 Å². The van der Waals surface area contributed by atoms with E-state index in [-0.39, 0.29) is 24.0 Å². The van der Waals surface area contributed by atoms with Gasteiger partial charge >= 0.3 is 0 Å². The maximum absolute atomic E-state index is 5.27. The van der Waals surface area contributed by atoms with E-state index in [1.807, 2.05) is 0 Å². The van der Waals surface area contributed by atoms with Crippen LogP contribution in [0.5, 0.6) is 0 Å². The topological polar surface area (TPSA) is 45.7 Å². The summed E-state index contributed by atoms with van der Waals surface area (Å²) >= 11 is 0. The van der Waals surface area contributed by atoms with Crippen molar-refractivity contribution < 1.29 is 4.74 Å². The molecule has 0 spiro atoms. The van der Waals surface area contributed by atoms with Crippen molar-refractivity contribution >= 4 is 29.9 Å². The second-order valence-electron chi connectivity index (χ2n) is 5.20. The highest BCUT2D eigenvalue weighted by molar-refractivity contribution is 14.0. The molecular formula is C15H28IN3O. The summed E-state index contributed by atoms with van der Waals surface area (Å²) in [6.45, 7) is 5.10. The van der Waals surface area contributed by atoms with Crippen molar-refractivity contribution in [1.29, 1.82) is 0 Å². The highest BCUT2D eigenvalue weighted by Crippen LogP contribution is 2.41. The summed E-state index contributed by atoms with van der Waals surface area (Å²) in [5.74, 6) is 3.40. The van der Waals surface area contributed by atoms with E-state index in [0.717, 1.165) is 32.1 Å². The number of terminal acetylenes is 1. The summed E-state index contributed by atoms with van der Waals surface area (Å²) in [5, 5.41) is 6.37. The van der Waals surface area contributed by atoms with Crippen molar-refractivity contribution in [2.45, 2.75) is 39.0 Å². The number of nitrogens with one attached hydrogen (secondary N) is 2. The van der Waals surface area contributed by atoms with E-state index < -0.39 is 0 Å². The van der Waals surface area contributed by atoms with Crippen LogP contribution in [0.4, 0.5) is 0 Å². The second-order valence-corrected chi connectivity index (χ2v) is 5.20. The van der Waals surface area contributed by atoms with Crippen molar-refractivity contribution in [2.75, 3.05) is 33.4 Å². The third-order valence-corrected chi connectivity index (χ3v) is 3.78. The van der Waals surface area contributed by atoms with Crippen LogP contribution in [-0.4, -0.2) is 39.3 Å². The molecule has 0 amide bonds. The maximum atomic E-state index is 5.27. The summed E-state index contributed by atoms with van der Waals surface area (Å²) in [5.41, 5.74) is 0.328. The minimum atomic E-state index is 0. The van der Waals surface area contributed by atoms with Crippen LogP contribution in [0.25, 0.3) is 0 Å². The number of nitrogens with zero attached hydrogens (tertiary/aromatic N) is 1. The lowest BCUT2D eigenvalue weighted by Crippen LogP contribution is -2.38. The van der Waals surface area contributed by atoms with Gasteiger partial charge in [0.05, 0.1) is 6.54 Å². The molecule has 0 unspecified atom stereocenters. The number of methoxy groups -OCH3 is 1. The molecule has 0 bridgehead atoms. The molecule has 0 radical (unpaired) electrons. The molecular weight excluding hydrogens is 365 g/mol. The molecule has 5 heteroatoms. The monoisotopic (exact) mass is 393 g/mol. The molecule has 20 heavy (non-hydrogen) atoms. The molecule has 1 fully saturated rings. The molecule has 1 aliphatic carbocycles. The Balaban J connectivity index is 0.00000361. The lowest BCUT2D eigenvalue weighted by molar-refractivity contribution is 0.141. The fourth-order valence-corrected chi connectivity index (χ4v) is 2.65. The van der Waals surface area contributed by atoms with Crippen LogP contribution in [0.15, 0.2) is 4.99 Å². The van der Waals surface area contributed by atoms with Gasteiger partial charge in [-0.25, -0.2) is 0 Å². The lowest BCUT2D eigenvalue weighted by atomic mass is 9.83. The van der Waals surface area contributed by atoms with Crippen LogP contribution < -0.4 is 10.6 Å². The number of aliphatic imine (C=N–C) groups is 1. The van der Waals surface area contributed by atoms with Gasteiger partial charge in [0, 0.05) is 26.8 Å². The normalized spacial score (nSPS) is 17.1. The summed E-state index contributed by atoms with van der Waals surface area (Å²) in [6.07, 6.45) is 11.5.